The number of nitrogens with zero attached hydrogens (tertiary/aromatic N) is 3. The number of carbonyl (C=O) groups is 1. The Balaban J connectivity index is 1.44. The van der Waals surface area contributed by atoms with Gasteiger partial charge in [0.1, 0.15) is 19.8 Å². The van der Waals surface area contributed by atoms with Crippen molar-refractivity contribution in [3.8, 4) is 11.5 Å². The maximum absolute atomic E-state index is 11.0. The fourth-order valence-corrected chi connectivity index (χ4v) is 3.83. The fraction of sp³-hybridized carbons (Fsp3) is 0.474. The van der Waals surface area contributed by atoms with Gasteiger partial charge in [0, 0.05) is 30.9 Å². The minimum Gasteiger partial charge on any atom is -0.486 e. The molecule has 7 heteroatoms. The van der Waals surface area contributed by atoms with E-state index in [2.05, 4.69) is 22.1 Å². The molecule has 1 saturated heterocycles. The van der Waals surface area contributed by atoms with Crippen LogP contribution in [0.1, 0.15) is 30.0 Å². The Bertz CT molecular complexity index is 789. The first kappa shape index (κ1) is 16.9. The molecule has 2 aliphatic heterocycles. The maximum Gasteiger partial charge on any atom is 0.325 e. The first-order valence-corrected chi connectivity index (χ1v) is 9.03. The van der Waals surface area contributed by atoms with Crippen molar-refractivity contribution in [3.05, 3.63) is 41.7 Å². The summed E-state index contributed by atoms with van der Waals surface area (Å²) in [4.78, 5) is 13.4. The zero-order chi connectivity index (χ0) is 17.9. The van der Waals surface area contributed by atoms with Crippen LogP contribution in [0.5, 0.6) is 11.5 Å². The maximum atomic E-state index is 11.0. The molecular weight excluding hydrogens is 334 g/mol. The van der Waals surface area contributed by atoms with Crippen LogP contribution in [0, 0.1) is 0 Å². The number of hydrogen-bond donors (Lipinski definition) is 1. The van der Waals surface area contributed by atoms with Crippen molar-refractivity contribution in [2.45, 2.75) is 31.8 Å². The number of piperidine rings is 1. The van der Waals surface area contributed by atoms with E-state index in [0.29, 0.717) is 19.1 Å². The lowest BCUT2D eigenvalue weighted by Crippen LogP contribution is -2.35. The highest BCUT2D eigenvalue weighted by atomic mass is 16.6. The van der Waals surface area contributed by atoms with Crippen molar-refractivity contribution >= 4 is 5.97 Å². The molecule has 2 aromatic rings. The molecule has 0 aliphatic carbocycles. The van der Waals surface area contributed by atoms with Gasteiger partial charge in [-0.15, -0.1) is 0 Å². The third-order valence-electron chi connectivity index (χ3n) is 4.97. The molecule has 0 bridgehead atoms. The predicted molar refractivity (Wildman–Crippen MR) is 94.5 cm³/mol. The average molecular weight is 357 g/mol. The van der Waals surface area contributed by atoms with E-state index in [1.165, 1.54) is 5.56 Å². The van der Waals surface area contributed by atoms with E-state index in [1.54, 1.807) is 10.9 Å². The van der Waals surface area contributed by atoms with E-state index < -0.39 is 5.97 Å². The lowest BCUT2D eigenvalue weighted by atomic mass is 9.94. The highest BCUT2D eigenvalue weighted by Gasteiger charge is 2.25. The van der Waals surface area contributed by atoms with Gasteiger partial charge in [0.2, 0.25) is 0 Å². The molecule has 1 aromatic carbocycles. The van der Waals surface area contributed by atoms with E-state index in [9.17, 15) is 4.79 Å². The van der Waals surface area contributed by atoms with Crippen molar-refractivity contribution in [1.82, 2.24) is 14.7 Å². The van der Waals surface area contributed by atoms with Gasteiger partial charge in [0.05, 0.1) is 0 Å². The number of carboxylic acid groups (broad SMARTS) is 1. The zero-order valence-corrected chi connectivity index (χ0v) is 14.6. The Kier molecular flexibility index (Phi) is 4.79. The number of benzene rings is 1. The van der Waals surface area contributed by atoms with Gasteiger partial charge in [-0.05, 0) is 43.1 Å². The van der Waals surface area contributed by atoms with Crippen molar-refractivity contribution in [2.75, 3.05) is 26.3 Å². The van der Waals surface area contributed by atoms with Gasteiger partial charge in [0.25, 0.3) is 0 Å². The normalized spacial score (nSPS) is 20.1. The standard InChI is InChI=1S/C19H23N3O4/c23-19(24)13-22-16(5-6-20-22)15-2-1-7-21(12-15)11-14-3-4-17-18(10-14)26-9-8-25-17/h3-6,10,15H,1-2,7-9,11-13H2,(H,23,24)/t15-/m1/s1. The van der Waals surface area contributed by atoms with Gasteiger partial charge >= 0.3 is 5.97 Å². The summed E-state index contributed by atoms with van der Waals surface area (Å²) in [5.74, 6) is 1.08. The molecule has 4 rings (SSSR count). The van der Waals surface area contributed by atoms with Crippen LogP contribution in [-0.2, 0) is 17.9 Å². The molecule has 1 aromatic heterocycles. The number of aromatic nitrogens is 2. The molecule has 1 fully saturated rings. The second-order valence-corrected chi connectivity index (χ2v) is 6.86. The molecule has 2 aliphatic rings. The summed E-state index contributed by atoms with van der Waals surface area (Å²) in [5, 5.41) is 13.2. The van der Waals surface area contributed by atoms with Crippen molar-refractivity contribution in [2.24, 2.45) is 0 Å². The molecule has 0 radical (unpaired) electrons. The van der Waals surface area contributed by atoms with Crippen LogP contribution in [0.25, 0.3) is 0 Å². The Morgan fingerprint density at radius 2 is 2.08 bits per heavy atom. The molecule has 1 N–H and O–H groups in total. The number of carboxylic acids is 1. The summed E-state index contributed by atoms with van der Waals surface area (Å²) >= 11 is 0. The Morgan fingerprint density at radius 3 is 2.92 bits per heavy atom. The van der Waals surface area contributed by atoms with Crippen LogP contribution in [-0.4, -0.2) is 52.1 Å². The summed E-state index contributed by atoms with van der Waals surface area (Å²) in [6.07, 6.45) is 3.84. The minimum atomic E-state index is -0.862. The quantitative estimate of drug-likeness (QED) is 0.883. The summed E-state index contributed by atoms with van der Waals surface area (Å²) in [7, 11) is 0. The third-order valence-corrected chi connectivity index (χ3v) is 4.97. The molecule has 26 heavy (non-hydrogen) atoms. The Morgan fingerprint density at radius 1 is 1.23 bits per heavy atom. The fourth-order valence-electron chi connectivity index (χ4n) is 3.83. The van der Waals surface area contributed by atoms with E-state index in [4.69, 9.17) is 14.6 Å². The highest BCUT2D eigenvalue weighted by Crippen LogP contribution is 2.32. The van der Waals surface area contributed by atoms with Crippen molar-refractivity contribution in [1.29, 1.82) is 0 Å². The first-order chi connectivity index (χ1) is 12.7. The Labute approximate surface area is 152 Å². The molecular formula is C19H23N3O4. The largest absolute Gasteiger partial charge is 0.486 e. The molecule has 138 valence electrons. The summed E-state index contributed by atoms with van der Waals surface area (Å²) in [5.41, 5.74) is 2.22. The average Bonchev–Trinajstić information content (AvgIpc) is 3.09. The van der Waals surface area contributed by atoms with Crippen LogP contribution >= 0.6 is 0 Å². The van der Waals surface area contributed by atoms with E-state index in [0.717, 1.165) is 49.7 Å². The van der Waals surface area contributed by atoms with Crippen LogP contribution in [0.4, 0.5) is 0 Å². The molecule has 0 unspecified atom stereocenters. The van der Waals surface area contributed by atoms with Gasteiger partial charge in [-0.3, -0.25) is 14.4 Å². The first-order valence-electron chi connectivity index (χ1n) is 9.03. The topological polar surface area (TPSA) is 76.8 Å². The molecule has 0 spiro atoms. The Hall–Kier alpha value is -2.54. The van der Waals surface area contributed by atoms with Gasteiger partial charge in [0.15, 0.2) is 11.5 Å². The van der Waals surface area contributed by atoms with Gasteiger partial charge < -0.3 is 14.6 Å². The number of likely N-dealkylation sites (tertiary alicyclic amines) is 1. The SMILES string of the molecule is O=C(O)Cn1nccc1[C@@H]1CCCN(Cc2ccc3c(c2)OCCO3)C1. The minimum absolute atomic E-state index is 0.0823. The van der Waals surface area contributed by atoms with Crippen LogP contribution in [0.2, 0.25) is 0 Å². The lowest BCUT2D eigenvalue weighted by molar-refractivity contribution is -0.137. The molecule has 1 atom stereocenters. The number of aliphatic carboxylic acids is 1. The number of rotatable bonds is 5. The van der Waals surface area contributed by atoms with Crippen LogP contribution in [0.3, 0.4) is 0 Å². The van der Waals surface area contributed by atoms with Gasteiger partial charge in [-0.2, -0.15) is 5.10 Å². The van der Waals surface area contributed by atoms with E-state index >= 15 is 0 Å². The molecule has 3 heterocycles. The predicted octanol–water partition coefficient (Wildman–Crippen LogP) is 2.12. The second-order valence-electron chi connectivity index (χ2n) is 6.86. The lowest BCUT2D eigenvalue weighted by Gasteiger charge is -2.33. The number of ether oxygens (including phenoxy) is 2. The molecule has 7 nitrogen and oxygen atoms in total. The van der Waals surface area contributed by atoms with E-state index in [-0.39, 0.29) is 6.54 Å². The summed E-state index contributed by atoms with van der Waals surface area (Å²) < 4.78 is 12.9. The monoisotopic (exact) mass is 357 g/mol. The van der Waals surface area contributed by atoms with Crippen molar-refractivity contribution in [3.63, 3.8) is 0 Å². The number of hydrogen-bond acceptors (Lipinski definition) is 5. The summed E-state index contributed by atoms with van der Waals surface area (Å²) in [6.45, 7) is 3.90. The molecule has 0 amide bonds. The van der Waals surface area contributed by atoms with Gasteiger partial charge in [-0.25, -0.2) is 0 Å². The number of fused-ring (bicyclic) bond motifs is 1. The van der Waals surface area contributed by atoms with Crippen molar-refractivity contribution < 1.29 is 19.4 Å². The highest BCUT2D eigenvalue weighted by molar-refractivity contribution is 5.66. The van der Waals surface area contributed by atoms with E-state index in [1.807, 2.05) is 12.1 Å². The van der Waals surface area contributed by atoms with Gasteiger partial charge in [-0.1, -0.05) is 6.07 Å². The summed E-state index contributed by atoms with van der Waals surface area (Å²) in [6, 6.07) is 8.08. The third kappa shape index (κ3) is 3.67. The molecule has 0 saturated carbocycles. The van der Waals surface area contributed by atoms with Crippen LogP contribution in [0.15, 0.2) is 30.5 Å². The van der Waals surface area contributed by atoms with Crippen LogP contribution < -0.4 is 9.47 Å². The second kappa shape index (κ2) is 7.37. The smallest absolute Gasteiger partial charge is 0.325 e. The zero-order valence-electron chi connectivity index (χ0n) is 14.6.